The summed E-state index contributed by atoms with van der Waals surface area (Å²) in [4.78, 5) is 10.5. The molecule has 3 N–H and O–H groups in total. The Morgan fingerprint density at radius 2 is 2.27 bits per heavy atom. The number of nitrogens with one attached hydrogen (secondary N) is 1. The van der Waals surface area contributed by atoms with Crippen LogP contribution < -0.4 is 15.7 Å². The van der Waals surface area contributed by atoms with Gasteiger partial charge in [-0.05, 0) is 42.4 Å². The number of hydrogen-bond donors (Lipinski definition) is 2. The highest BCUT2D eigenvalue weighted by Gasteiger charge is 2.26. The Labute approximate surface area is 133 Å². The van der Waals surface area contributed by atoms with Crippen LogP contribution in [0.2, 0.25) is 0 Å². The molecular weight excluding hydrogens is 325 g/mol. The maximum absolute atomic E-state index is 12.6. The van der Waals surface area contributed by atoms with E-state index in [0.29, 0.717) is 23.7 Å². The van der Waals surface area contributed by atoms with E-state index < -0.39 is 12.8 Å². The van der Waals surface area contributed by atoms with Crippen LogP contribution in [0.1, 0.15) is 25.8 Å². The number of carbonyl (C=O) groups excluding carboxylic acids is 1. The normalized spacial score (nSPS) is 13.7. The van der Waals surface area contributed by atoms with Crippen LogP contribution in [-0.4, -0.2) is 24.6 Å². The van der Waals surface area contributed by atoms with Crippen molar-refractivity contribution in [3.8, 4) is 5.75 Å². The summed E-state index contributed by atoms with van der Waals surface area (Å²) in [6, 6.07) is 6.05. The summed E-state index contributed by atoms with van der Waals surface area (Å²) in [7, 11) is 0. The van der Waals surface area contributed by atoms with E-state index in [4.69, 9.17) is 14.8 Å². The molecule has 122 valence electrons. The van der Waals surface area contributed by atoms with Gasteiger partial charge in [-0.3, -0.25) is 4.52 Å². The molecule has 0 fully saturated rings. The van der Waals surface area contributed by atoms with E-state index >= 15 is 0 Å². The van der Waals surface area contributed by atoms with Crippen molar-refractivity contribution in [2.45, 2.75) is 20.3 Å². The molecular formula is C13H20N3O4PS. The lowest BCUT2D eigenvalue weighted by Crippen LogP contribution is -2.24. The Balaban J connectivity index is 2.80. The molecule has 1 aromatic rings. The molecule has 7 nitrogen and oxygen atoms in total. The third kappa shape index (κ3) is 6.98. The summed E-state index contributed by atoms with van der Waals surface area (Å²) in [5, 5.41) is 3.65. The van der Waals surface area contributed by atoms with Gasteiger partial charge in [0.15, 0.2) is 0 Å². The van der Waals surface area contributed by atoms with E-state index in [2.05, 4.69) is 10.5 Å². The van der Waals surface area contributed by atoms with Gasteiger partial charge in [-0.2, -0.15) is 5.10 Å². The molecule has 0 saturated heterocycles. The van der Waals surface area contributed by atoms with Gasteiger partial charge in [-0.25, -0.2) is 14.8 Å². The van der Waals surface area contributed by atoms with Crippen LogP contribution in [0.5, 0.6) is 5.75 Å². The van der Waals surface area contributed by atoms with Gasteiger partial charge in [0.05, 0.1) is 12.8 Å². The standard InChI is InChI=1S/C13H20N3O4PS/c1-3-8-22-21(18,19-4-2)20-12-7-5-6-11(9-12)10-15-16-13(14)17/h5-7,9-10H,3-4,8H2,1-2H3,(H3,14,16,17). The van der Waals surface area contributed by atoms with E-state index in [-0.39, 0.29) is 0 Å². The van der Waals surface area contributed by atoms with Crippen molar-refractivity contribution >= 4 is 30.4 Å². The molecule has 0 heterocycles. The van der Waals surface area contributed by atoms with Crippen LogP contribution in [0.15, 0.2) is 29.4 Å². The fraction of sp³-hybridized carbons (Fsp3) is 0.385. The van der Waals surface area contributed by atoms with Crippen LogP contribution in [0.25, 0.3) is 0 Å². The fourth-order valence-electron chi connectivity index (χ4n) is 1.40. The molecule has 1 atom stereocenters. The minimum absolute atomic E-state index is 0.303. The summed E-state index contributed by atoms with van der Waals surface area (Å²) in [6.45, 7) is 0.824. The van der Waals surface area contributed by atoms with Gasteiger partial charge < -0.3 is 10.3 Å². The van der Waals surface area contributed by atoms with Crippen molar-refractivity contribution in [2.24, 2.45) is 10.8 Å². The predicted molar refractivity (Wildman–Crippen MR) is 89.4 cm³/mol. The quantitative estimate of drug-likeness (QED) is 0.406. The average Bonchev–Trinajstić information content (AvgIpc) is 2.45. The molecule has 0 aliphatic rings. The smallest absolute Gasteiger partial charge is 0.417 e. The zero-order valence-corrected chi connectivity index (χ0v) is 14.2. The van der Waals surface area contributed by atoms with E-state index in [1.807, 2.05) is 6.92 Å². The number of nitrogens with two attached hydrogens (primary N) is 1. The summed E-state index contributed by atoms with van der Waals surface area (Å²) >= 11 is 1.17. The first-order chi connectivity index (χ1) is 10.5. The Morgan fingerprint density at radius 1 is 1.50 bits per heavy atom. The largest absolute Gasteiger partial charge is 0.440 e. The van der Waals surface area contributed by atoms with Crippen LogP contribution in [0.3, 0.4) is 0 Å². The number of rotatable bonds is 9. The molecule has 1 rings (SSSR count). The molecule has 0 saturated carbocycles. The van der Waals surface area contributed by atoms with Crippen LogP contribution >= 0.6 is 18.2 Å². The van der Waals surface area contributed by atoms with Gasteiger partial charge in [0.25, 0.3) is 0 Å². The van der Waals surface area contributed by atoms with Gasteiger partial charge in [-0.15, -0.1) is 0 Å². The number of hydrazone groups is 1. The first-order valence-corrected chi connectivity index (χ1v) is 9.89. The molecule has 1 aromatic carbocycles. The second-order valence-electron chi connectivity index (χ2n) is 4.10. The molecule has 22 heavy (non-hydrogen) atoms. The van der Waals surface area contributed by atoms with Crippen molar-refractivity contribution in [2.75, 3.05) is 12.4 Å². The summed E-state index contributed by atoms with van der Waals surface area (Å²) in [6.07, 6.45) is 2.28. The first-order valence-electron chi connectivity index (χ1n) is 6.76. The first kappa shape index (κ1) is 18.5. The zero-order valence-electron chi connectivity index (χ0n) is 12.5. The lowest BCUT2D eigenvalue weighted by Gasteiger charge is -2.17. The molecule has 0 spiro atoms. The van der Waals surface area contributed by atoms with E-state index in [1.165, 1.54) is 17.6 Å². The van der Waals surface area contributed by atoms with Crippen molar-refractivity contribution in [3.63, 3.8) is 0 Å². The number of carbonyl (C=O) groups is 1. The number of urea groups is 1. The average molecular weight is 345 g/mol. The minimum atomic E-state index is -3.24. The number of amides is 2. The van der Waals surface area contributed by atoms with Crippen molar-refractivity contribution < 1.29 is 18.4 Å². The number of primary amides is 1. The second-order valence-corrected chi connectivity index (χ2v) is 8.21. The molecule has 9 heteroatoms. The lowest BCUT2D eigenvalue weighted by atomic mass is 10.2. The Bertz CT molecular complexity index is 568. The maximum Gasteiger partial charge on any atom is 0.440 e. The van der Waals surface area contributed by atoms with Gasteiger partial charge in [-0.1, -0.05) is 19.1 Å². The van der Waals surface area contributed by atoms with Gasteiger partial charge in [0, 0.05) is 5.75 Å². The van der Waals surface area contributed by atoms with Gasteiger partial charge >= 0.3 is 12.8 Å². The monoisotopic (exact) mass is 345 g/mol. The fourth-order valence-corrected chi connectivity index (χ4v) is 4.85. The maximum atomic E-state index is 12.6. The highest BCUT2D eigenvalue weighted by atomic mass is 32.7. The van der Waals surface area contributed by atoms with Gasteiger partial charge in [0.2, 0.25) is 0 Å². The molecule has 1 unspecified atom stereocenters. The predicted octanol–water partition coefficient (Wildman–Crippen LogP) is 3.36. The number of benzene rings is 1. The highest BCUT2D eigenvalue weighted by Crippen LogP contribution is 2.60. The van der Waals surface area contributed by atoms with Crippen molar-refractivity contribution in [3.05, 3.63) is 29.8 Å². The molecule has 0 aliphatic carbocycles. The lowest BCUT2D eigenvalue weighted by molar-refractivity contribution is 0.249. The number of hydrogen-bond acceptors (Lipinski definition) is 6. The molecule has 0 aromatic heterocycles. The molecule has 2 amide bonds. The molecule has 0 radical (unpaired) electrons. The topological polar surface area (TPSA) is 103 Å². The van der Waals surface area contributed by atoms with E-state index in [0.717, 1.165) is 6.42 Å². The van der Waals surface area contributed by atoms with Crippen molar-refractivity contribution in [1.82, 2.24) is 5.43 Å². The van der Waals surface area contributed by atoms with Crippen LogP contribution in [0.4, 0.5) is 4.79 Å². The molecule has 0 bridgehead atoms. The zero-order chi connectivity index (χ0) is 16.4. The summed E-state index contributed by atoms with van der Waals surface area (Å²) in [5.74, 6) is 1.09. The molecule has 0 aliphatic heterocycles. The summed E-state index contributed by atoms with van der Waals surface area (Å²) in [5.41, 5.74) is 7.66. The second kappa shape index (κ2) is 9.50. The van der Waals surface area contributed by atoms with Gasteiger partial charge in [0.1, 0.15) is 5.75 Å². The summed E-state index contributed by atoms with van der Waals surface area (Å²) < 4.78 is 23.4. The highest BCUT2D eigenvalue weighted by molar-refractivity contribution is 8.55. The van der Waals surface area contributed by atoms with E-state index in [9.17, 15) is 9.36 Å². The Morgan fingerprint density at radius 3 is 2.91 bits per heavy atom. The van der Waals surface area contributed by atoms with E-state index in [1.54, 1.807) is 31.2 Å². The van der Waals surface area contributed by atoms with Crippen molar-refractivity contribution in [1.29, 1.82) is 0 Å². The Hall–Kier alpha value is -1.50. The third-order valence-corrected chi connectivity index (χ3v) is 6.16. The minimum Gasteiger partial charge on any atom is -0.417 e. The Kier molecular flexibility index (Phi) is 8.01. The SMILES string of the molecule is CCCSP(=O)(OCC)Oc1cccc(C=NNC(N)=O)c1. The van der Waals surface area contributed by atoms with Crippen LogP contribution in [0, 0.1) is 0 Å². The van der Waals surface area contributed by atoms with Crippen LogP contribution in [-0.2, 0) is 9.09 Å². The number of nitrogens with zero attached hydrogens (tertiary/aromatic N) is 1. The third-order valence-electron chi connectivity index (χ3n) is 2.20.